The Kier molecular flexibility index (Phi) is 4.71. The molecule has 1 aliphatic rings. The third-order valence-electron chi connectivity index (χ3n) is 4.34. The van der Waals surface area contributed by atoms with Crippen molar-refractivity contribution in [3.63, 3.8) is 0 Å². The molecule has 0 bridgehead atoms. The summed E-state index contributed by atoms with van der Waals surface area (Å²) in [5.74, 6) is 0.854. The average Bonchev–Trinajstić information content (AvgIpc) is 2.60. The van der Waals surface area contributed by atoms with E-state index in [0.717, 1.165) is 23.7 Å². The van der Waals surface area contributed by atoms with Gasteiger partial charge in [0, 0.05) is 17.9 Å². The quantitative estimate of drug-likeness (QED) is 0.682. The van der Waals surface area contributed by atoms with Crippen LogP contribution in [0.25, 0.3) is 0 Å². The van der Waals surface area contributed by atoms with E-state index in [0.29, 0.717) is 0 Å². The van der Waals surface area contributed by atoms with E-state index in [2.05, 4.69) is 17.6 Å². The van der Waals surface area contributed by atoms with Gasteiger partial charge in [0.15, 0.2) is 0 Å². The number of hydrogen-bond donors (Lipinski definition) is 1. The number of nitrogens with zero attached hydrogens (tertiary/aromatic N) is 2. The second kappa shape index (κ2) is 6.12. The van der Waals surface area contributed by atoms with Gasteiger partial charge in [-0.2, -0.15) is 17.6 Å². The van der Waals surface area contributed by atoms with Crippen molar-refractivity contribution in [1.82, 2.24) is 9.55 Å². The molecule has 2 rings (SSSR count). The summed E-state index contributed by atoms with van der Waals surface area (Å²) in [4.78, 5) is 16.2. The van der Waals surface area contributed by atoms with Crippen LogP contribution in [-0.4, -0.2) is 15.3 Å². The van der Waals surface area contributed by atoms with Gasteiger partial charge in [0.05, 0.1) is 0 Å². The van der Waals surface area contributed by atoms with Crippen molar-refractivity contribution in [2.45, 2.75) is 58.9 Å². The maximum atomic E-state index is 12.1. The second-order valence-electron chi connectivity index (χ2n) is 5.98. The summed E-state index contributed by atoms with van der Waals surface area (Å²) >= 11 is 4.58. The van der Waals surface area contributed by atoms with Crippen molar-refractivity contribution in [1.29, 1.82) is 0 Å². The Morgan fingerprint density at radius 2 is 1.89 bits per heavy atom. The molecule has 106 valence electrons. The van der Waals surface area contributed by atoms with Crippen molar-refractivity contribution in [2.75, 3.05) is 5.75 Å². The molecular weight excluding hydrogens is 256 g/mol. The highest BCUT2D eigenvalue weighted by atomic mass is 32.1. The lowest BCUT2D eigenvalue weighted by molar-refractivity contribution is 0.234. The third kappa shape index (κ3) is 3.41. The number of rotatable bonds is 3. The molecule has 0 amide bonds. The van der Waals surface area contributed by atoms with Gasteiger partial charge in [0.1, 0.15) is 0 Å². The first-order valence-electron chi connectivity index (χ1n) is 7.22. The summed E-state index contributed by atoms with van der Waals surface area (Å²) in [7, 11) is 0. The minimum absolute atomic E-state index is 0.108. The molecule has 1 heterocycles. The van der Waals surface area contributed by atoms with Gasteiger partial charge in [0.25, 0.3) is 0 Å². The molecular formula is C15H24N2OS. The van der Waals surface area contributed by atoms with Crippen molar-refractivity contribution in [2.24, 2.45) is 5.41 Å². The molecule has 0 unspecified atom stereocenters. The van der Waals surface area contributed by atoms with Crippen LogP contribution in [0.5, 0.6) is 0 Å². The molecule has 3 nitrogen and oxygen atoms in total. The lowest BCUT2D eigenvalue weighted by Crippen LogP contribution is -2.36. The summed E-state index contributed by atoms with van der Waals surface area (Å²) in [5.41, 5.74) is 1.89. The molecule has 0 saturated heterocycles. The SMILES string of the molecule is Cc1cc(C)n(CC2(CS)CCCCCC2)c(=O)n1. The number of aromatic nitrogens is 2. The maximum absolute atomic E-state index is 12.1. The fraction of sp³-hybridized carbons (Fsp3) is 0.733. The third-order valence-corrected chi connectivity index (χ3v) is 5.01. The molecule has 1 saturated carbocycles. The standard InChI is InChI=1S/C15H24N2OS/c1-12-9-13(2)17(14(18)16-12)10-15(11-19)7-5-3-4-6-8-15/h9,19H,3-8,10-11H2,1-2H3. The van der Waals surface area contributed by atoms with E-state index in [1.54, 1.807) is 0 Å². The van der Waals surface area contributed by atoms with Gasteiger partial charge in [-0.15, -0.1) is 0 Å². The first-order valence-corrected chi connectivity index (χ1v) is 7.86. The minimum Gasteiger partial charge on any atom is -0.296 e. The van der Waals surface area contributed by atoms with Crippen LogP contribution in [0.3, 0.4) is 0 Å². The van der Waals surface area contributed by atoms with Crippen LogP contribution in [0.1, 0.15) is 49.9 Å². The van der Waals surface area contributed by atoms with E-state index >= 15 is 0 Å². The fourth-order valence-corrected chi connectivity index (χ4v) is 3.56. The van der Waals surface area contributed by atoms with Crippen molar-refractivity contribution >= 4 is 12.6 Å². The Morgan fingerprint density at radius 1 is 1.26 bits per heavy atom. The Bertz CT molecular complexity index is 487. The van der Waals surface area contributed by atoms with E-state index in [-0.39, 0.29) is 11.1 Å². The summed E-state index contributed by atoms with van der Waals surface area (Å²) in [6.07, 6.45) is 7.50. The molecule has 0 radical (unpaired) electrons. The van der Waals surface area contributed by atoms with E-state index in [4.69, 9.17) is 0 Å². The first kappa shape index (κ1) is 14.6. The summed E-state index contributed by atoms with van der Waals surface area (Å²) in [5, 5.41) is 0. The molecule has 1 aromatic heterocycles. The van der Waals surface area contributed by atoms with Crippen LogP contribution < -0.4 is 5.69 Å². The normalized spacial score (nSPS) is 19.1. The number of thiol groups is 1. The topological polar surface area (TPSA) is 34.9 Å². The van der Waals surface area contributed by atoms with Crippen molar-refractivity contribution in [3.05, 3.63) is 27.9 Å². The lowest BCUT2D eigenvalue weighted by atomic mass is 9.82. The van der Waals surface area contributed by atoms with Gasteiger partial charge < -0.3 is 0 Å². The Labute approximate surface area is 120 Å². The molecule has 0 spiro atoms. The maximum Gasteiger partial charge on any atom is 0.347 e. The minimum atomic E-state index is -0.108. The highest BCUT2D eigenvalue weighted by Gasteiger charge is 2.30. The first-order chi connectivity index (χ1) is 9.06. The fourth-order valence-electron chi connectivity index (χ4n) is 3.15. The molecule has 0 aliphatic heterocycles. The molecule has 4 heteroatoms. The molecule has 1 aliphatic carbocycles. The van der Waals surface area contributed by atoms with Gasteiger partial charge in [-0.3, -0.25) is 4.57 Å². The molecule has 1 aromatic rings. The summed E-state index contributed by atoms with van der Waals surface area (Å²) in [6, 6.07) is 1.99. The molecule has 0 atom stereocenters. The molecule has 0 aromatic carbocycles. The van der Waals surface area contributed by atoms with Gasteiger partial charge in [-0.25, -0.2) is 4.79 Å². The zero-order chi connectivity index (χ0) is 13.9. The van der Waals surface area contributed by atoms with Crippen LogP contribution in [0, 0.1) is 19.3 Å². The van der Waals surface area contributed by atoms with Crippen LogP contribution in [0.4, 0.5) is 0 Å². The van der Waals surface area contributed by atoms with E-state index in [9.17, 15) is 4.79 Å². The zero-order valence-electron chi connectivity index (χ0n) is 12.0. The molecule has 19 heavy (non-hydrogen) atoms. The molecule has 1 fully saturated rings. The second-order valence-corrected chi connectivity index (χ2v) is 6.30. The van der Waals surface area contributed by atoms with Crippen LogP contribution in [0.2, 0.25) is 0 Å². The van der Waals surface area contributed by atoms with Gasteiger partial charge >= 0.3 is 5.69 Å². The van der Waals surface area contributed by atoms with Gasteiger partial charge in [-0.1, -0.05) is 25.7 Å². The van der Waals surface area contributed by atoms with Gasteiger partial charge in [0.2, 0.25) is 0 Å². The van der Waals surface area contributed by atoms with Crippen molar-refractivity contribution < 1.29 is 0 Å². The number of hydrogen-bond acceptors (Lipinski definition) is 3. The highest BCUT2D eigenvalue weighted by Crippen LogP contribution is 2.37. The van der Waals surface area contributed by atoms with Crippen LogP contribution >= 0.6 is 12.6 Å². The van der Waals surface area contributed by atoms with Gasteiger partial charge in [-0.05, 0) is 43.9 Å². The van der Waals surface area contributed by atoms with E-state index < -0.39 is 0 Å². The van der Waals surface area contributed by atoms with Crippen LogP contribution in [-0.2, 0) is 6.54 Å². The Hall–Kier alpha value is -0.770. The molecule has 0 N–H and O–H groups in total. The van der Waals surface area contributed by atoms with E-state index in [1.807, 2.05) is 24.5 Å². The monoisotopic (exact) mass is 280 g/mol. The lowest BCUT2D eigenvalue weighted by Gasteiger charge is -2.32. The summed E-state index contributed by atoms with van der Waals surface area (Å²) < 4.78 is 1.84. The number of aryl methyl sites for hydroxylation is 2. The Morgan fingerprint density at radius 3 is 2.42 bits per heavy atom. The predicted octanol–water partition coefficient (Wildman–Crippen LogP) is 3.13. The van der Waals surface area contributed by atoms with E-state index in [1.165, 1.54) is 38.5 Å². The largest absolute Gasteiger partial charge is 0.347 e. The summed E-state index contributed by atoms with van der Waals surface area (Å²) in [6.45, 7) is 4.65. The highest BCUT2D eigenvalue weighted by molar-refractivity contribution is 7.80. The smallest absolute Gasteiger partial charge is 0.296 e. The van der Waals surface area contributed by atoms with Crippen LogP contribution in [0.15, 0.2) is 10.9 Å². The average molecular weight is 280 g/mol. The predicted molar refractivity (Wildman–Crippen MR) is 82.0 cm³/mol. The Balaban J connectivity index is 2.29. The van der Waals surface area contributed by atoms with Crippen molar-refractivity contribution in [3.8, 4) is 0 Å². The zero-order valence-corrected chi connectivity index (χ0v) is 12.9.